The van der Waals surface area contributed by atoms with Gasteiger partial charge in [0.05, 0.1) is 24.9 Å². The number of benzene rings is 4. The minimum Gasteiger partial charge on any atom is -0.497 e. The molecule has 0 saturated carbocycles. The summed E-state index contributed by atoms with van der Waals surface area (Å²) >= 11 is 0. The Morgan fingerprint density at radius 2 is 1.65 bits per heavy atom. The molecule has 2 amide bonds. The van der Waals surface area contributed by atoms with Crippen molar-refractivity contribution in [3.63, 3.8) is 0 Å². The molecule has 0 spiro atoms. The molecule has 10 nitrogen and oxygen atoms in total. The highest BCUT2D eigenvalue weighted by Crippen LogP contribution is 2.34. The smallest absolute Gasteiger partial charge is 0.254 e. The van der Waals surface area contributed by atoms with Crippen LogP contribution in [0, 0.1) is 0 Å². The number of methoxy groups -OCH3 is 1. The Bertz CT molecular complexity index is 1740. The highest BCUT2D eigenvalue weighted by Gasteiger charge is 2.22. The van der Waals surface area contributed by atoms with Crippen LogP contribution in [0.1, 0.15) is 27.9 Å². The molecule has 2 aliphatic heterocycles. The predicted molar refractivity (Wildman–Crippen MR) is 188 cm³/mol. The lowest BCUT2D eigenvalue weighted by Gasteiger charge is -2.35. The topological polar surface area (TPSA) is 110 Å². The van der Waals surface area contributed by atoms with Crippen molar-refractivity contribution in [2.45, 2.75) is 19.4 Å². The fourth-order valence-electron chi connectivity index (χ4n) is 6.08. The number of carbonyl (C=O) groups excluding carboxylic acids is 2. The zero-order valence-corrected chi connectivity index (χ0v) is 27.6. The third kappa shape index (κ3) is 7.90. The van der Waals surface area contributed by atoms with Gasteiger partial charge in [0.2, 0.25) is 12.7 Å². The zero-order valence-electron chi connectivity index (χ0n) is 27.6. The molecule has 1 fully saturated rings. The van der Waals surface area contributed by atoms with E-state index in [2.05, 4.69) is 52.5 Å². The van der Waals surface area contributed by atoms with E-state index in [4.69, 9.17) is 19.9 Å². The number of likely N-dealkylation sites (N-methyl/N-ethyl adjacent to an activating group) is 1. The molecule has 0 atom stereocenters. The summed E-state index contributed by atoms with van der Waals surface area (Å²) in [6.45, 7) is 5.25. The number of hydrogen-bond acceptors (Lipinski definition) is 8. The second kappa shape index (κ2) is 15.2. The van der Waals surface area contributed by atoms with E-state index in [1.165, 1.54) is 0 Å². The molecule has 0 aromatic heterocycles. The summed E-state index contributed by atoms with van der Waals surface area (Å²) in [6.07, 6.45) is 0.936. The highest BCUT2D eigenvalue weighted by atomic mass is 16.7. The number of ether oxygens (including phenoxy) is 3. The second-order valence-corrected chi connectivity index (χ2v) is 12.2. The van der Waals surface area contributed by atoms with Crippen molar-refractivity contribution in [1.29, 1.82) is 0 Å². The average molecular weight is 650 g/mol. The monoisotopic (exact) mass is 649 g/mol. The van der Waals surface area contributed by atoms with E-state index in [0.717, 1.165) is 65.6 Å². The summed E-state index contributed by atoms with van der Waals surface area (Å²) in [7, 11) is 3.76. The maximum atomic E-state index is 13.7. The first kappa shape index (κ1) is 32.9. The Morgan fingerprint density at radius 3 is 2.42 bits per heavy atom. The van der Waals surface area contributed by atoms with E-state index in [1.807, 2.05) is 41.3 Å². The van der Waals surface area contributed by atoms with Gasteiger partial charge in [-0.3, -0.25) is 9.59 Å². The molecule has 0 bridgehead atoms. The van der Waals surface area contributed by atoms with Crippen molar-refractivity contribution < 1.29 is 23.8 Å². The molecule has 250 valence electrons. The maximum Gasteiger partial charge on any atom is 0.254 e. The Labute approximate surface area is 282 Å². The molecular formula is C38H43N5O5. The number of anilines is 2. The number of hydrogen-bond donors (Lipinski definition) is 2. The van der Waals surface area contributed by atoms with Gasteiger partial charge in [0.25, 0.3) is 5.91 Å². The van der Waals surface area contributed by atoms with Crippen LogP contribution in [-0.4, -0.2) is 81.8 Å². The van der Waals surface area contributed by atoms with Crippen LogP contribution < -0.4 is 30.2 Å². The normalized spacial score (nSPS) is 14.1. The summed E-state index contributed by atoms with van der Waals surface area (Å²) in [6, 6.07) is 27.3. The second-order valence-electron chi connectivity index (χ2n) is 12.2. The highest BCUT2D eigenvalue weighted by molar-refractivity contribution is 5.97. The fourth-order valence-corrected chi connectivity index (χ4v) is 6.08. The van der Waals surface area contributed by atoms with Gasteiger partial charge in [0.15, 0.2) is 11.5 Å². The molecule has 2 heterocycles. The Kier molecular flexibility index (Phi) is 10.4. The summed E-state index contributed by atoms with van der Waals surface area (Å²) in [5.41, 5.74) is 12.1. The van der Waals surface area contributed by atoms with Crippen LogP contribution >= 0.6 is 0 Å². The quantitative estimate of drug-likeness (QED) is 0.221. The first-order valence-corrected chi connectivity index (χ1v) is 16.4. The third-order valence-corrected chi connectivity index (χ3v) is 8.81. The lowest BCUT2D eigenvalue weighted by atomic mass is 10.0. The van der Waals surface area contributed by atoms with Crippen LogP contribution in [0.15, 0.2) is 84.9 Å². The number of fused-ring (bicyclic) bond motifs is 1. The van der Waals surface area contributed by atoms with Gasteiger partial charge in [-0.05, 0) is 90.8 Å². The third-order valence-electron chi connectivity index (χ3n) is 8.81. The Hall–Kier alpha value is -5.06. The molecule has 1 saturated heterocycles. The number of amides is 2. The maximum absolute atomic E-state index is 13.7. The number of nitrogens with zero attached hydrogens (tertiary/aromatic N) is 3. The van der Waals surface area contributed by atoms with E-state index < -0.39 is 0 Å². The van der Waals surface area contributed by atoms with Crippen molar-refractivity contribution >= 4 is 23.2 Å². The average Bonchev–Trinajstić information content (AvgIpc) is 3.59. The van der Waals surface area contributed by atoms with Crippen molar-refractivity contribution in [2.24, 2.45) is 5.73 Å². The largest absolute Gasteiger partial charge is 0.497 e. The first-order valence-electron chi connectivity index (χ1n) is 16.4. The predicted octanol–water partition coefficient (Wildman–Crippen LogP) is 5.02. The van der Waals surface area contributed by atoms with E-state index in [-0.39, 0.29) is 25.0 Å². The minimum atomic E-state index is -0.0921. The number of nitrogens with one attached hydrogen (secondary N) is 1. The van der Waals surface area contributed by atoms with Crippen molar-refractivity contribution in [2.75, 3.05) is 70.4 Å². The zero-order chi connectivity index (χ0) is 33.5. The lowest BCUT2D eigenvalue weighted by molar-refractivity contribution is -0.115. The van der Waals surface area contributed by atoms with Gasteiger partial charge >= 0.3 is 0 Å². The summed E-state index contributed by atoms with van der Waals surface area (Å²) in [4.78, 5) is 33.5. The molecule has 2 aliphatic rings. The van der Waals surface area contributed by atoms with Gasteiger partial charge in [-0.25, -0.2) is 0 Å². The van der Waals surface area contributed by atoms with E-state index in [9.17, 15) is 9.59 Å². The number of piperazine rings is 1. The molecule has 10 heteroatoms. The lowest BCUT2D eigenvalue weighted by Crippen LogP contribution is -2.44. The molecule has 6 rings (SSSR count). The van der Waals surface area contributed by atoms with Gasteiger partial charge in [-0.15, -0.1) is 0 Å². The van der Waals surface area contributed by atoms with Gasteiger partial charge in [-0.1, -0.05) is 36.4 Å². The van der Waals surface area contributed by atoms with Crippen LogP contribution in [0.3, 0.4) is 0 Å². The van der Waals surface area contributed by atoms with Gasteiger partial charge in [-0.2, -0.15) is 0 Å². The van der Waals surface area contributed by atoms with Gasteiger partial charge < -0.3 is 40.0 Å². The Morgan fingerprint density at radius 1 is 0.875 bits per heavy atom. The van der Waals surface area contributed by atoms with Crippen LogP contribution in [0.25, 0.3) is 11.1 Å². The summed E-state index contributed by atoms with van der Waals surface area (Å²) in [5, 5.41) is 3.22. The summed E-state index contributed by atoms with van der Waals surface area (Å²) < 4.78 is 16.2. The molecule has 48 heavy (non-hydrogen) atoms. The van der Waals surface area contributed by atoms with Crippen molar-refractivity contribution in [1.82, 2.24) is 9.80 Å². The Balaban J connectivity index is 1.24. The van der Waals surface area contributed by atoms with Crippen LogP contribution in [0.5, 0.6) is 17.2 Å². The SMILES string of the molecule is COc1ccc(CC(=O)Nc2cc(-c3cccc(CN(CCCN)C(=O)c4ccc5c(c4)OCO5)c3)ccc2N2CCN(C)CC2)cc1. The van der Waals surface area contributed by atoms with Crippen LogP contribution in [0.4, 0.5) is 11.4 Å². The fraction of sp³-hybridized carbons (Fsp3) is 0.316. The number of nitrogens with two attached hydrogens (primary N) is 1. The first-order chi connectivity index (χ1) is 23.4. The molecule has 0 aliphatic carbocycles. The molecule has 3 N–H and O–H groups in total. The molecular weight excluding hydrogens is 606 g/mol. The van der Waals surface area contributed by atoms with E-state index in [1.54, 1.807) is 25.3 Å². The van der Waals surface area contributed by atoms with Gasteiger partial charge in [0.1, 0.15) is 5.75 Å². The van der Waals surface area contributed by atoms with E-state index in [0.29, 0.717) is 43.1 Å². The van der Waals surface area contributed by atoms with E-state index >= 15 is 0 Å². The van der Waals surface area contributed by atoms with Gasteiger partial charge in [0, 0.05) is 44.8 Å². The standard InChI is InChI=1S/C38H43N5O5/c1-41-17-19-42(20-18-41)34-13-9-30(23-33(34)40-37(44)22-27-7-11-32(46-2)12-8-27)29-6-3-5-28(21-29)25-43(16-4-15-39)38(45)31-10-14-35-36(24-31)48-26-47-35/h3,5-14,21,23-24H,4,15-20,22,25-26,39H2,1-2H3,(H,40,44). The number of rotatable bonds is 12. The minimum absolute atomic E-state index is 0.0842. The molecule has 4 aromatic rings. The van der Waals surface area contributed by atoms with Crippen molar-refractivity contribution in [3.8, 4) is 28.4 Å². The van der Waals surface area contributed by atoms with Crippen molar-refractivity contribution in [3.05, 3.63) is 102 Å². The van der Waals surface area contributed by atoms with Crippen LogP contribution in [0.2, 0.25) is 0 Å². The number of carbonyl (C=O) groups is 2. The summed E-state index contributed by atoms with van der Waals surface area (Å²) in [5.74, 6) is 1.80. The molecule has 0 radical (unpaired) electrons. The molecule has 4 aromatic carbocycles. The molecule has 0 unspecified atom stereocenters. The van der Waals surface area contributed by atoms with Crippen LogP contribution in [-0.2, 0) is 17.8 Å².